The summed E-state index contributed by atoms with van der Waals surface area (Å²) in [5.41, 5.74) is 0.858. The summed E-state index contributed by atoms with van der Waals surface area (Å²) in [6.07, 6.45) is 0.985. The number of benzene rings is 1. The highest BCUT2D eigenvalue weighted by atomic mass is 16.5. The van der Waals surface area contributed by atoms with Crippen LogP contribution in [-0.4, -0.2) is 20.8 Å². The van der Waals surface area contributed by atoms with E-state index >= 15 is 0 Å². The largest absolute Gasteiger partial charge is 0.497 e. The van der Waals surface area contributed by atoms with Crippen LogP contribution in [-0.2, 0) is 0 Å². The predicted octanol–water partition coefficient (Wildman–Crippen LogP) is 2.27. The summed E-state index contributed by atoms with van der Waals surface area (Å²) in [6.45, 7) is 2.87. The van der Waals surface area contributed by atoms with Crippen molar-refractivity contribution in [1.82, 2.24) is 5.32 Å². The molecule has 0 bridgehead atoms. The van der Waals surface area contributed by atoms with Crippen molar-refractivity contribution >= 4 is 0 Å². The molecule has 0 aromatic heterocycles. The van der Waals surface area contributed by atoms with E-state index in [0.717, 1.165) is 18.5 Å². The fourth-order valence-corrected chi connectivity index (χ4v) is 1.52. The topological polar surface area (TPSA) is 54.3 Å². The molecule has 0 radical (unpaired) electrons. The van der Waals surface area contributed by atoms with Crippen LogP contribution in [0.1, 0.15) is 24.9 Å². The Morgan fingerprint density at radius 3 is 2.24 bits per heavy atom. The standard InChI is InChI=1S/C13H18N2O2/c1-4-5-15-13(9-14)10-6-11(16-2)8-12(7-10)17-3/h6-8,13,15H,4-5H2,1-3H3. The van der Waals surface area contributed by atoms with Gasteiger partial charge in [0.15, 0.2) is 0 Å². The maximum Gasteiger partial charge on any atom is 0.122 e. The van der Waals surface area contributed by atoms with Gasteiger partial charge in [-0.05, 0) is 30.7 Å². The van der Waals surface area contributed by atoms with Gasteiger partial charge in [0, 0.05) is 6.07 Å². The molecule has 1 atom stereocenters. The highest BCUT2D eigenvalue weighted by molar-refractivity contribution is 5.41. The Kier molecular flexibility index (Phi) is 5.31. The SMILES string of the molecule is CCCNC(C#N)c1cc(OC)cc(OC)c1. The van der Waals surface area contributed by atoms with Crippen LogP contribution in [0.4, 0.5) is 0 Å². The molecule has 0 aliphatic heterocycles. The molecule has 1 aromatic carbocycles. The van der Waals surface area contributed by atoms with E-state index in [2.05, 4.69) is 18.3 Å². The Hall–Kier alpha value is -1.73. The van der Waals surface area contributed by atoms with Crippen LogP contribution < -0.4 is 14.8 Å². The highest BCUT2D eigenvalue weighted by Gasteiger charge is 2.12. The Balaban J connectivity index is 2.97. The number of nitriles is 1. The summed E-state index contributed by atoms with van der Waals surface area (Å²) < 4.78 is 10.4. The normalized spacial score (nSPS) is 11.6. The Labute approximate surface area is 102 Å². The van der Waals surface area contributed by atoms with Gasteiger partial charge in [-0.2, -0.15) is 5.26 Å². The number of hydrogen-bond acceptors (Lipinski definition) is 4. The van der Waals surface area contributed by atoms with Crippen molar-refractivity contribution in [3.05, 3.63) is 23.8 Å². The van der Waals surface area contributed by atoms with Crippen LogP contribution in [0, 0.1) is 11.3 Å². The highest BCUT2D eigenvalue weighted by Crippen LogP contribution is 2.26. The Bertz CT molecular complexity index is 377. The van der Waals surface area contributed by atoms with Gasteiger partial charge in [0.05, 0.1) is 20.3 Å². The van der Waals surface area contributed by atoms with Crippen molar-refractivity contribution in [3.63, 3.8) is 0 Å². The monoisotopic (exact) mass is 234 g/mol. The molecule has 0 spiro atoms. The van der Waals surface area contributed by atoms with Gasteiger partial charge in [-0.25, -0.2) is 0 Å². The molecule has 1 N–H and O–H groups in total. The summed E-state index contributed by atoms with van der Waals surface area (Å²) in [4.78, 5) is 0. The van der Waals surface area contributed by atoms with Crippen LogP contribution in [0.25, 0.3) is 0 Å². The lowest BCUT2D eigenvalue weighted by molar-refractivity contribution is 0.392. The van der Waals surface area contributed by atoms with Crippen molar-refractivity contribution in [2.75, 3.05) is 20.8 Å². The first-order valence-electron chi connectivity index (χ1n) is 5.61. The van der Waals surface area contributed by atoms with Crippen molar-refractivity contribution in [1.29, 1.82) is 5.26 Å². The third-order valence-electron chi connectivity index (χ3n) is 2.43. The van der Waals surface area contributed by atoms with Gasteiger partial charge in [-0.1, -0.05) is 6.92 Å². The quantitative estimate of drug-likeness (QED) is 0.820. The van der Waals surface area contributed by atoms with Gasteiger partial charge in [0.25, 0.3) is 0 Å². The van der Waals surface area contributed by atoms with Gasteiger partial charge in [-0.3, -0.25) is 5.32 Å². The van der Waals surface area contributed by atoms with E-state index in [0.29, 0.717) is 11.5 Å². The summed E-state index contributed by atoms with van der Waals surface area (Å²) in [5.74, 6) is 1.38. The lowest BCUT2D eigenvalue weighted by Crippen LogP contribution is -2.20. The first-order valence-corrected chi connectivity index (χ1v) is 5.61. The smallest absolute Gasteiger partial charge is 0.122 e. The van der Waals surface area contributed by atoms with Crippen molar-refractivity contribution in [2.24, 2.45) is 0 Å². The molecule has 1 unspecified atom stereocenters. The second kappa shape index (κ2) is 6.77. The molecule has 0 amide bonds. The average molecular weight is 234 g/mol. The minimum absolute atomic E-state index is 0.334. The van der Waals surface area contributed by atoms with Crippen molar-refractivity contribution in [3.8, 4) is 17.6 Å². The Morgan fingerprint density at radius 1 is 1.24 bits per heavy atom. The fourth-order valence-electron chi connectivity index (χ4n) is 1.52. The molecule has 4 heteroatoms. The third-order valence-corrected chi connectivity index (χ3v) is 2.43. The van der Waals surface area contributed by atoms with E-state index in [9.17, 15) is 0 Å². The van der Waals surface area contributed by atoms with Gasteiger partial charge in [-0.15, -0.1) is 0 Å². The zero-order chi connectivity index (χ0) is 12.7. The zero-order valence-electron chi connectivity index (χ0n) is 10.5. The van der Waals surface area contributed by atoms with E-state index in [1.165, 1.54) is 0 Å². The molecule has 4 nitrogen and oxygen atoms in total. The number of nitrogens with zero attached hydrogens (tertiary/aromatic N) is 1. The van der Waals surface area contributed by atoms with Gasteiger partial charge in [0.1, 0.15) is 17.5 Å². The molecule has 1 aromatic rings. The molecular weight excluding hydrogens is 216 g/mol. The number of ether oxygens (including phenoxy) is 2. The second-order valence-electron chi connectivity index (χ2n) is 3.66. The van der Waals surface area contributed by atoms with E-state index in [-0.39, 0.29) is 6.04 Å². The molecule has 0 aliphatic rings. The lowest BCUT2D eigenvalue weighted by Gasteiger charge is -2.13. The van der Waals surface area contributed by atoms with Crippen LogP contribution in [0.5, 0.6) is 11.5 Å². The molecule has 0 saturated heterocycles. The molecule has 1 rings (SSSR count). The number of nitrogens with one attached hydrogen (secondary N) is 1. The molecular formula is C13H18N2O2. The number of hydrogen-bond donors (Lipinski definition) is 1. The summed E-state index contributed by atoms with van der Waals surface area (Å²) in [7, 11) is 3.19. The van der Waals surface area contributed by atoms with Gasteiger partial charge < -0.3 is 9.47 Å². The van der Waals surface area contributed by atoms with E-state index < -0.39 is 0 Å². The number of methoxy groups -OCH3 is 2. The average Bonchev–Trinajstić information content (AvgIpc) is 2.39. The zero-order valence-corrected chi connectivity index (χ0v) is 10.5. The molecule has 92 valence electrons. The molecule has 17 heavy (non-hydrogen) atoms. The lowest BCUT2D eigenvalue weighted by atomic mass is 10.1. The van der Waals surface area contributed by atoms with Gasteiger partial charge >= 0.3 is 0 Å². The van der Waals surface area contributed by atoms with Crippen LogP contribution >= 0.6 is 0 Å². The molecule has 0 fully saturated rings. The molecule has 0 aliphatic carbocycles. The fraction of sp³-hybridized carbons (Fsp3) is 0.462. The first-order chi connectivity index (χ1) is 8.24. The minimum atomic E-state index is -0.334. The van der Waals surface area contributed by atoms with E-state index in [1.807, 2.05) is 12.1 Å². The molecule has 0 heterocycles. The minimum Gasteiger partial charge on any atom is -0.497 e. The van der Waals surface area contributed by atoms with Crippen LogP contribution in [0.3, 0.4) is 0 Å². The number of rotatable bonds is 6. The third kappa shape index (κ3) is 3.65. The van der Waals surface area contributed by atoms with Crippen LogP contribution in [0.2, 0.25) is 0 Å². The predicted molar refractivity (Wildman–Crippen MR) is 66.2 cm³/mol. The summed E-state index contributed by atoms with van der Waals surface area (Å²) in [6, 6.07) is 7.38. The maximum absolute atomic E-state index is 9.14. The maximum atomic E-state index is 9.14. The van der Waals surface area contributed by atoms with E-state index in [4.69, 9.17) is 14.7 Å². The van der Waals surface area contributed by atoms with E-state index in [1.54, 1.807) is 20.3 Å². The van der Waals surface area contributed by atoms with Crippen molar-refractivity contribution < 1.29 is 9.47 Å². The Morgan fingerprint density at radius 2 is 1.82 bits per heavy atom. The second-order valence-corrected chi connectivity index (χ2v) is 3.66. The molecule has 0 saturated carbocycles. The summed E-state index contributed by atoms with van der Waals surface area (Å²) in [5, 5.41) is 12.3. The summed E-state index contributed by atoms with van der Waals surface area (Å²) >= 11 is 0. The van der Waals surface area contributed by atoms with Crippen molar-refractivity contribution in [2.45, 2.75) is 19.4 Å². The first kappa shape index (κ1) is 13.3. The van der Waals surface area contributed by atoms with Gasteiger partial charge in [0.2, 0.25) is 0 Å². The van der Waals surface area contributed by atoms with Crippen LogP contribution in [0.15, 0.2) is 18.2 Å².